The van der Waals surface area contributed by atoms with Crippen molar-refractivity contribution in [2.24, 2.45) is 11.8 Å². The number of carbonyl (C=O) groups is 3. The molecule has 4 N–H and O–H groups in total. The van der Waals surface area contributed by atoms with E-state index in [0.29, 0.717) is 45.7 Å². The lowest BCUT2D eigenvalue weighted by molar-refractivity contribution is -0.117. The smallest absolute Gasteiger partial charge is 0.272 e. The van der Waals surface area contributed by atoms with Gasteiger partial charge in [0.1, 0.15) is 33.4 Å². The molecule has 1 aliphatic carbocycles. The van der Waals surface area contributed by atoms with E-state index < -0.39 is 11.1 Å². The van der Waals surface area contributed by atoms with E-state index >= 15 is 0 Å². The molecule has 0 spiro atoms. The van der Waals surface area contributed by atoms with Crippen LogP contribution < -0.4 is 20.7 Å². The quantitative estimate of drug-likeness (QED) is 0.224. The van der Waals surface area contributed by atoms with Gasteiger partial charge in [-0.15, -0.1) is 21.5 Å². The number of ether oxygens (including phenoxy) is 1. The average molecular weight is 573 g/mol. The maximum Gasteiger partial charge on any atom is 0.272 e. The number of hydrogen-bond donors (Lipinski definition) is 4. The molecule has 41 heavy (non-hydrogen) atoms. The van der Waals surface area contributed by atoms with Crippen LogP contribution in [0.25, 0.3) is 10.6 Å². The van der Waals surface area contributed by atoms with Crippen LogP contribution in [-0.4, -0.2) is 98.5 Å². The van der Waals surface area contributed by atoms with E-state index in [9.17, 15) is 19.5 Å². The van der Waals surface area contributed by atoms with Crippen molar-refractivity contribution in [1.82, 2.24) is 25.4 Å². The minimum absolute atomic E-state index is 0.0267. The van der Waals surface area contributed by atoms with Crippen LogP contribution in [-0.2, 0) is 4.79 Å². The van der Waals surface area contributed by atoms with Gasteiger partial charge in [0, 0.05) is 37.6 Å². The molecule has 0 atom stereocenters. The van der Waals surface area contributed by atoms with Gasteiger partial charge in [-0.3, -0.25) is 14.4 Å². The average Bonchev–Trinajstić information content (AvgIpc) is 3.63. The van der Waals surface area contributed by atoms with E-state index in [1.165, 1.54) is 18.4 Å². The zero-order valence-electron chi connectivity index (χ0n) is 23.4. The first-order valence-corrected chi connectivity index (χ1v) is 14.2. The molecular formula is C25H30B3N7O5S. The number of hydrogen-bond acceptors (Lipinski definition) is 10. The number of rotatable bonds is 10. The molecule has 1 aliphatic heterocycles. The topological polar surface area (TPSA) is 159 Å². The number of nitrogens with zero attached hydrogens (tertiary/aromatic N) is 4. The van der Waals surface area contributed by atoms with Crippen molar-refractivity contribution in [1.29, 1.82) is 0 Å². The number of aliphatic hydroxyl groups is 1. The van der Waals surface area contributed by atoms with Crippen molar-refractivity contribution in [3.05, 3.63) is 41.0 Å². The van der Waals surface area contributed by atoms with Gasteiger partial charge in [-0.05, 0) is 30.2 Å². The van der Waals surface area contributed by atoms with E-state index in [1.54, 1.807) is 23.2 Å². The summed E-state index contributed by atoms with van der Waals surface area (Å²) in [5, 5.41) is 26.5. The number of para-hydroxylation sites is 1. The van der Waals surface area contributed by atoms with Gasteiger partial charge in [-0.25, -0.2) is 4.98 Å². The predicted molar refractivity (Wildman–Crippen MR) is 163 cm³/mol. The maximum absolute atomic E-state index is 13.1. The molecule has 0 unspecified atom stereocenters. The van der Waals surface area contributed by atoms with Crippen molar-refractivity contribution in [2.75, 3.05) is 37.4 Å². The summed E-state index contributed by atoms with van der Waals surface area (Å²) in [5.41, 5.74) is 1.56. The number of methoxy groups -OCH3 is 1. The van der Waals surface area contributed by atoms with Crippen molar-refractivity contribution in [3.63, 3.8) is 0 Å². The van der Waals surface area contributed by atoms with E-state index in [2.05, 4.69) is 31.1 Å². The number of anilines is 3. The van der Waals surface area contributed by atoms with Gasteiger partial charge in [-0.1, -0.05) is 6.07 Å². The highest BCUT2D eigenvalue weighted by atomic mass is 32.1. The van der Waals surface area contributed by atoms with Crippen LogP contribution >= 0.6 is 11.3 Å². The number of carbonyl (C=O) groups excluding carboxylic acids is 3. The van der Waals surface area contributed by atoms with E-state index in [1.807, 2.05) is 35.7 Å². The van der Waals surface area contributed by atoms with Gasteiger partial charge in [-0.2, -0.15) is 0 Å². The molecule has 1 saturated carbocycles. The molecule has 5 rings (SSSR count). The number of aliphatic hydroxyl groups excluding tert-OH is 1. The van der Waals surface area contributed by atoms with Gasteiger partial charge in [0.25, 0.3) is 11.8 Å². The number of benzene rings is 1. The molecule has 2 aliphatic rings. The number of aromatic nitrogens is 3. The Morgan fingerprint density at radius 3 is 2.59 bits per heavy atom. The fraction of sp³-hybridized carbons (Fsp3) is 0.360. The summed E-state index contributed by atoms with van der Waals surface area (Å²) >= 11 is 1.25. The van der Waals surface area contributed by atoms with Crippen molar-refractivity contribution < 1.29 is 24.2 Å². The molecule has 16 heteroatoms. The van der Waals surface area contributed by atoms with Crippen molar-refractivity contribution in [3.8, 4) is 16.3 Å². The van der Waals surface area contributed by atoms with E-state index in [-0.39, 0.29) is 41.8 Å². The Bertz CT molecular complexity index is 1490. The summed E-state index contributed by atoms with van der Waals surface area (Å²) in [4.78, 5) is 45.0. The summed E-state index contributed by atoms with van der Waals surface area (Å²) in [6, 6.07) is 7.00. The lowest BCUT2D eigenvalue weighted by atomic mass is 9.49. The third-order valence-corrected chi connectivity index (χ3v) is 7.65. The Morgan fingerprint density at radius 2 is 1.93 bits per heavy atom. The maximum atomic E-state index is 13.1. The first-order chi connectivity index (χ1) is 19.6. The van der Waals surface area contributed by atoms with Crippen LogP contribution in [0.4, 0.5) is 17.2 Å². The molecule has 1 saturated heterocycles. The minimum atomic E-state index is -0.512. The van der Waals surface area contributed by atoms with Gasteiger partial charge >= 0.3 is 0 Å². The minimum Gasteiger partial charge on any atom is -0.494 e. The SMILES string of the molecule is BC(B)(B)NC(=O)c1nnc(NC(=O)C2CC2)cc1Nc1cccc(-c2ncc(C(=O)N3CC(CO)C3)s2)c1OC. The van der Waals surface area contributed by atoms with Crippen LogP contribution in [0.3, 0.4) is 0 Å². The van der Waals surface area contributed by atoms with Gasteiger partial charge in [0.05, 0.1) is 30.2 Å². The second-order valence-electron chi connectivity index (χ2n) is 11.3. The summed E-state index contributed by atoms with van der Waals surface area (Å²) < 4.78 is 5.77. The zero-order valence-corrected chi connectivity index (χ0v) is 24.2. The Labute approximate surface area is 243 Å². The number of nitrogens with one attached hydrogen (secondary N) is 3. The second kappa shape index (κ2) is 11.5. The summed E-state index contributed by atoms with van der Waals surface area (Å²) in [6.07, 6.45) is 3.22. The van der Waals surface area contributed by atoms with Gasteiger partial charge in [0.15, 0.2) is 17.3 Å². The number of likely N-dealkylation sites (tertiary alicyclic amines) is 1. The normalized spacial score (nSPS) is 15.1. The van der Waals surface area contributed by atoms with Crippen LogP contribution in [0.1, 0.15) is 33.0 Å². The van der Waals surface area contributed by atoms with Crippen LogP contribution in [0.15, 0.2) is 30.5 Å². The summed E-state index contributed by atoms with van der Waals surface area (Å²) in [7, 11) is 7.12. The van der Waals surface area contributed by atoms with Crippen molar-refractivity contribution >= 4 is 69.8 Å². The molecule has 0 radical (unpaired) electrons. The van der Waals surface area contributed by atoms with Crippen molar-refractivity contribution in [2.45, 2.75) is 18.1 Å². The fourth-order valence-electron chi connectivity index (χ4n) is 4.36. The first kappa shape index (κ1) is 28.6. The van der Waals surface area contributed by atoms with Crippen LogP contribution in [0.2, 0.25) is 0 Å². The Morgan fingerprint density at radius 1 is 1.17 bits per heavy atom. The van der Waals surface area contributed by atoms with E-state index in [0.717, 1.165) is 12.8 Å². The fourth-order valence-corrected chi connectivity index (χ4v) is 5.27. The lowest BCUT2D eigenvalue weighted by Gasteiger charge is -2.37. The molecule has 1 aromatic carbocycles. The molecule has 2 fully saturated rings. The lowest BCUT2D eigenvalue weighted by Crippen LogP contribution is -2.51. The van der Waals surface area contributed by atoms with Crippen LogP contribution in [0, 0.1) is 11.8 Å². The predicted octanol–water partition coefficient (Wildman–Crippen LogP) is -0.994. The molecule has 2 aromatic heterocycles. The van der Waals surface area contributed by atoms with E-state index in [4.69, 9.17) is 4.74 Å². The first-order valence-electron chi connectivity index (χ1n) is 13.4. The molecule has 3 heterocycles. The largest absolute Gasteiger partial charge is 0.494 e. The highest BCUT2D eigenvalue weighted by Gasteiger charge is 2.32. The number of thiazole rings is 1. The Hall–Kier alpha value is -3.91. The molecule has 3 aromatic rings. The van der Waals surface area contributed by atoms with Gasteiger partial charge < -0.3 is 30.7 Å². The Kier molecular flexibility index (Phi) is 8.05. The molecule has 3 amide bonds. The standard InChI is InChI=1S/C25H30B3N7O5S/c1-40-20-14(23-29-8-17(41-23)24(39)35-9-12(10-35)11-36)3-2-4-15(20)30-16-7-18(31-21(37)13-5-6-13)33-34-19(16)22(38)32-25(26,27)28/h2-4,7-8,12-13,36H,5-6,9-11,26-28H2,1H3,(H,32,38)(H2,30,31,33,37). The molecule has 0 bridgehead atoms. The summed E-state index contributed by atoms with van der Waals surface area (Å²) in [5.74, 6) is 0.0916. The summed E-state index contributed by atoms with van der Waals surface area (Å²) in [6.45, 7) is 1.12. The Balaban J connectivity index is 1.44. The molecule has 210 valence electrons. The molecule has 12 nitrogen and oxygen atoms in total. The zero-order chi connectivity index (χ0) is 29.3. The third kappa shape index (κ3) is 6.54. The molecular weight excluding hydrogens is 543 g/mol. The van der Waals surface area contributed by atoms with Gasteiger partial charge in [0.2, 0.25) is 5.91 Å². The monoisotopic (exact) mass is 573 g/mol. The highest BCUT2D eigenvalue weighted by molar-refractivity contribution is 7.17. The second-order valence-corrected chi connectivity index (χ2v) is 12.3. The number of amides is 3. The highest BCUT2D eigenvalue weighted by Crippen LogP contribution is 2.40. The van der Waals surface area contributed by atoms with Crippen LogP contribution in [0.5, 0.6) is 5.75 Å². The third-order valence-electron chi connectivity index (χ3n) is 6.63.